The Balaban J connectivity index is 2.92. The predicted octanol–water partition coefficient (Wildman–Crippen LogP) is 7.09. The van der Waals surface area contributed by atoms with E-state index in [0.29, 0.717) is 23.5 Å². The minimum Gasteiger partial charge on any atom is -0.444 e. The van der Waals surface area contributed by atoms with Gasteiger partial charge < -0.3 is 4.74 Å². The highest BCUT2D eigenvalue weighted by molar-refractivity contribution is 5.96. The zero-order valence-corrected chi connectivity index (χ0v) is 20.7. The van der Waals surface area contributed by atoms with Gasteiger partial charge in [-0.25, -0.2) is 4.79 Å². The van der Waals surface area contributed by atoms with Crippen LogP contribution in [0.2, 0.25) is 0 Å². The lowest BCUT2D eigenvalue weighted by atomic mass is 9.75. The number of carbonyl (C=O) groups excluding carboxylic acids is 2. The number of allylic oxidation sites excluding steroid dienone is 2. The summed E-state index contributed by atoms with van der Waals surface area (Å²) in [7, 11) is 0. The van der Waals surface area contributed by atoms with Crippen molar-refractivity contribution in [3.63, 3.8) is 0 Å². The van der Waals surface area contributed by atoms with Gasteiger partial charge in [-0.05, 0) is 69.8 Å². The molecule has 0 heterocycles. The summed E-state index contributed by atoms with van der Waals surface area (Å²) in [5, 5.41) is 2.63. The first-order valence-electron chi connectivity index (χ1n) is 11.8. The van der Waals surface area contributed by atoms with E-state index in [9.17, 15) is 9.59 Å². The molecule has 0 aromatic heterocycles. The van der Waals surface area contributed by atoms with Crippen molar-refractivity contribution in [2.45, 2.75) is 92.6 Å². The highest BCUT2D eigenvalue weighted by Crippen LogP contribution is 2.32. The fourth-order valence-corrected chi connectivity index (χ4v) is 4.08. The molecule has 1 aromatic rings. The van der Waals surface area contributed by atoms with E-state index in [-0.39, 0.29) is 5.78 Å². The molecule has 1 aromatic carbocycles. The molecule has 0 saturated heterocycles. The standard InChI is InChI=1S/C27H43NO3/c1-8-9-17-24(20(2)3)23(19-22-14-11-10-12-15-22)16-13-18-25(21(4)29)28-26(30)31-27(5,6)7/h10-12,14-15,18,20,23-24H,8-9,13,16-17,19H2,1-7H3,(H,28,30)/b25-18-/t23-,24+/m1/s1. The first kappa shape index (κ1) is 26.9. The minimum absolute atomic E-state index is 0.156. The highest BCUT2D eigenvalue weighted by Gasteiger charge is 2.24. The molecule has 0 aliphatic heterocycles. The molecule has 0 saturated carbocycles. The van der Waals surface area contributed by atoms with Gasteiger partial charge in [0.25, 0.3) is 0 Å². The SMILES string of the molecule is CCCC[C@@H](C(C)C)[C@H](CC/C=C(\NC(=O)OC(C)(C)C)C(C)=O)Cc1ccccc1. The van der Waals surface area contributed by atoms with Gasteiger partial charge in [-0.2, -0.15) is 0 Å². The van der Waals surface area contributed by atoms with Crippen molar-refractivity contribution in [1.29, 1.82) is 0 Å². The second-order valence-electron chi connectivity index (χ2n) is 9.88. The Morgan fingerprint density at radius 3 is 2.26 bits per heavy atom. The molecule has 31 heavy (non-hydrogen) atoms. The summed E-state index contributed by atoms with van der Waals surface area (Å²) in [4.78, 5) is 24.2. The smallest absolute Gasteiger partial charge is 0.412 e. The third-order valence-electron chi connectivity index (χ3n) is 5.59. The number of hydrogen-bond acceptors (Lipinski definition) is 3. The van der Waals surface area contributed by atoms with Gasteiger partial charge in [-0.3, -0.25) is 10.1 Å². The third kappa shape index (κ3) is 11.2. The number of ketones is 1. The van der Waals surface area contributed by atoms with Crippen molar-refractivity contribution in [1.82, 2.24) is 5.32 Å². The molecule has 2 atom stereocenters. The van der Waals surface area contributed by atoms with E-state index in [1.165, 1.54) is 31.7 Å². The van der Waals surface area contributed by atoms with Crippen molar-refractivity contribution >= 4 is 11.9 Å². The molecule has 174 valence electrons. The van der Waals surface area contributed by atoms with Gasteiger partial charge in [-0.15, -0.1) is 0 Å². The van der Waals surface area contributed by atoms with Crippen molar-refractivity contribution < 1.29 is 14.3 Å². The lowest BCUT2D eigenvalue weighted by Crippen LogP contribution is -2.33. The first-order chi connectivity index (χ1) is 14.5. The summed E-state index contributed by atoms with van der Waals surface area (Å²) in [5.41, 5.74) is 1.08. The number of alkyl carbamates (subject to hydrolysis) is 1. The molecule has 0 aliphatic rings. The number of benzene rings is 1. The van der Waals surface area contributed by atoms with Crippen molar-refractivity contribution in [2.75, 3.05) is 0 Å². The fraction of sp³-hybridized carbons (Fsp3) is 0.630. The topological polar surface area (TPSA) is 55.4 Å². The summed E-state index contributed by atoms with van der Waals surface area (Å²) in [5.74, 6) is 1.61. The lowest BCUT2D eigenvalue weighted by Gasteiger charge is -2.30. The van der Waals surface area contributed by atoms with Gasteiger partial charge in [-0.1, -0.05) is 70.0 Å². The zero-order chi connectivity index (χ0) is 23.4. The van der Waals surface area contributed by atoms with Gasteiger partial charge in [0, 0.05) is 6.92 Å². The van der Waals surface area contributed by atoms with Gasteiger partial charge >= 0.3 is 6.09 Å². The second-order valence-corrected chi connectivity index (χ2v) is 9.88. The normalized spacial score (nSPS) is 14.3. The molecule has 4 heteroatoms. The van der Waals surface area contributed by atoms with E-state index in [2.05, 4.69) is 56.4 Å². The van der Waals surface area contributed by atoms with Gasteiger partial charge in [0.1, 0.15) is 5.60 Å². The van der Waals surface area contributed by atoms with Crippen molar-refractivity contribution in [3.05, 3.63) is 47.7 Å². The summed E-state index contributed by atoms with van der Waals surface area (Å²) < 4.78 is 5.30. The Kier molecular flexibility index (Phi) is 11.6. The Morgan fingerprint density at radius 2 is 1.74 bits per heavy atom. The van der Waals surface area contributed by atoms with Crippen LogP contribution >= 0.6 is 0 Å². The molecular weight excluding hydrogens is 386 g/mol. The molecular formula is C27H43NO3. The number of amides is 1. The Labute approximate surface area is 189 Å². The average Bonchev–Trinajstić information content (AvgIpc) is 2.66. The molecule has 0 fully saturated rings. The first-order valence-corrected chi connectivity index (χ1v) is 11.8. The maximum atomic E-state index is 12.1. The summed E-state index contributed by atoms with van der Waals surface area (Å²) in [6.07, 6.45) is 7.71. The van der Waals surface area contributed by atoms with E-state index >= 15 is 0 Å². The van der Waals surface area contributed by atoms with E-state index in [1.54, 1.807) is 20.8 Å². The second kappa shape index (κ2) is 13.3. The van der Waals surface area contributed by atoms with Crippen LogP contribution in [0.4, 0.5) is 4.79 Å². The quantitative estimate of drug-likeness (QED) is 0.361. The van der Waals surface area contributed by atoms with E-state index in [4.69, 9.17) is 4.74 Å². The maximum absolute atomic E-state index is 12.1. The summed E-state index contributed by atoms with van der Waals surface area (Å²) in [6.45, 7) is 13.8. The van der Waals surface area contributed by atoms with Gasteiger partial charge in [0.05, 0.1) is 5.70 Å². The largest absolute Gasteiger partial charge is 0.444 e. The molecule has 0 aliphatic carbocycles. The summed E-state index contributed by atoms with van der Waals surface area (Å²) in [6, 6.07) is 10.7. The molecule has 0 radical (unpaired) electrons. The predicted molar refractivity (Wildman–Crippen MR) is 129 cm³/mol. The zero-order valence-electron chi connectivity index (χ0n) is 20.7. The van der Waals surface area contributed by atoms with Crippen LogP contribution in [0.5, 0.6) is 0 Å². The third-order valence-corrected chi connectivity index (χ3v) is 5.59. The van der Waals surface area contributed by atoms with Crippen LogP contribution in [0.3, 0.4) is 0 Å². The maximum Gasteiger partial charge on any atom is 0.412 e. The molecule has 1 N–H and O–H groups in total. The number of rotatable bonds is 12. The number of hydrogen-bond donors (Lipinski definition) is 1. The highest BCUT2D eigenvalue weighted by atomic mass is 16.6. The molecule has 0 unspecified atom stereocenters. The molecule has 4 nitrogen and oxygen atoms in total. The number of carbonyl (C=O) groups is 2. The Morgan fingerprint density at radius 1 is 1.10 bits per heavy atom. The van der Waals surface area contributed by atoms with Crippen LogP contribution in [0.25, 0.3) is 0 Å². The van der Waals surface area contributed by atoms with Crippen molar-refractivity contribution in [2.24, 2.45) is 17.8 Å². The van der Waals surface area contributed by atoms with Crippen LogP contribution in [0, 0.1) is 17.8 Å². The Hall–Kier alpha value is -2.10. The number of nitrogens with one attached hydrogen (secondary N) is 1. The van der Waals surface area contributed by atoms with Gasteiger partial charge in [0.2, 0.25) is 0 Å². The van der Waals surface area contributed by atoms with Crippen LogP contribution < -0.4 is 5.32 Å². The number of unbranched alkanes of at least 4 members (excludes halogenated alkanes) is 1. The molecule has 0 bridgehead atoms. The molecule has 1 amide bonds. The fourth-order valence-electron chi connectivity index (χ4n) is 4.08. The molecule has 1 rings (SSSR count). The van der Waals surface area contributed by atoms with Crippen LogP contribution in [0.1, 0.15) is 86.1 Å². The molecule has 0 spiro atoms. The van der Waals surface area contributed by atoms with E-state index < -0.39 is 11.7 Å². The van der Waals surface area contributed by atoms with Crippen LogP contribution in [-0.2, 0) is 16.0 Å². The Bertz CT molecular complexity index is 701. The number of ether oxygens (including phenoxy) is 1. The lowest BCUT2D eigenvalue weighted by molar-refractivity contribution is -0.114. The average molecular weight is 430 g/mol. The van der Waals surface area contributed by atoms with Crippen molar-refractivity contribution in [3.8, 4) is 0 Å². The van der Waals surface area contributed by atoms with Gasteiger partial charge in [0.15, 0.2) is 5.78 Å². The number of Topliss-reactive ketones (excluding diaryl/α,β-unsaturated/α-hetero) is 1. The van der Waals surface area contributed by atoms with Crippen LogP contribution in [0.15, 0.2) is 42.1 Å². The van der Waals surface area contributed by atoms with E-state index in [1.807, 2.05) is 6.08 Å². The minimum atomic E-state index is -0.601. The summed E-state index contributed by atoms with van der Waals surface area (Å²) >= 11 is 0. The van der Waals surface area contributed by atoms with Crippen LogP contribution in [-0.4, -0.2) is 17.5 Å². The monoisotopic (exact) mass is 429 g/mol. The van der Waals surface area contributed by atoms with E-state index in [0.717, 1.165) is 19.3 Å².